The molecule has 2 N–H and O–H groups in total. The lowest BCUT2D eigenvalue weighted by Crippen LogP contribution is -2.39. The number of halogens is 1. The molecule has 1 saturated heterocycles. The number of rotatable bonds is 7. The van der Waals surface area contributed by atoms with Gasteiger partial charge in [0, 0.05) is 44.0 Å². The third-order valence-electron chi connectivity index (χ3n) is 6.99. The molecular weight excluding hydrogens is 399 g/mol. The maximum Gasteiger partial charge on any atom is 0.126 e. The van der Waals surface area contributed by atoms with Crippen LogP contribution in [0.25, 0.3) is 5.70 Å². The SMILES string of the molecule is COCCCc1ccccc1C1=CC(C)=C([C@H]2CNCC[C@@H]2c2ccc(C)c(F)c2)CN1. The van der Waals surface area contributed by atoms with Crippen LogP contribution in [0.1, 0.15) is 47.9 Å². The summed E-state index contributed by atoms with van der Waals surface area (Å²) in [6.07, 6.45) is 5.36. The molecule has 2 aliphatic rings. The molecule has 4 rings (SSSR count). The summed E-state index contributed by atoms with van der Waals surface area (Å²) in [5.74, 6) is 0.613. The first-order valence-corrected chi connectivity index (χ1v) is 11.8. The Morgan fingerprint density at radius 1 is 1.09 bits per heavy atom. The molecule has 2 heterocycles. The Balaban J connectivity index is 1.61. The molecule has 0 aliphatic carbocycles. The van der Waals surface area contributed by atoms with Gasteiger partial charge in [-0.2, -0.15) is 0 Å². The Morgan fingerprint density at radius 3 is 2.72 bits per heavy atom. The Morgan fingerprint density at radius 2 is 1.94 bits per heavy atom. The number of ether oxygens (including phenoxy) is 1. The topological polar surface area (TPSA) is 33.3 Å². The van der Waals surface area contributed by atoms with Crippen molar-refractivity contribution >= 4 is 5.70 Å². The van der Waals surface area contributed by atoms with Crippen LogP contribution >= 0.6 is 0 Å². The first-order valence-electron chi connectivity index (χ1n) is 11.8. The lowest BCUT2D eigenvalue weighted by atomic mass is 9.75. The summed E-state index contributed by atoms with van der Waals surface area (Å²) in [6.45, 7) is 7.58. The Bertz CT molecular complexity index is 1010. The quantitative estimate of drug-likeness (QED) is 0.575. The van der Waals surface area contributed by atoms with Crippen LogP contribution in [0, 0.1) is 18.7 Å². The molecule has 0 bridgehead atoms. The van der Waals surface area contributed by atoms with Crippen molar-refractivity contribution in [2.24, 2.45) is 5.92 Å². The van der Waals surface area contributed by atoms with Crippen LogP contribution < -0.4 is 10.6 Å². The van der Waals surface area contributed by atoms with E-state index in [1.165, 1.54) is 28.0 Å². The van der Waals surface area contributed by atoms with Crippen molar-refractivity contribution in [1.82, 2.24) is 10.6 Å². The van der Waals surface area contributed by atoms with Crippen molar-refractivity contribution in [3.8, 4) is 0 Å². The molecule has 170 valence electrons. The minimum absolute atomic E-state index is 0.0977. The number of benzene rings is 2. The van der Waals surface area contributed by atoms with E-state index in [0.717, 1.165) is 51.1 Å². The Hall–Kier alpha value is -2.43. The largest absolute Gasteiger partial charge is 0.385 e. The highest BCUT2D eigenvalue weighted by atomic mass is 19.1. The van der Waals surface area contributed by atoms with Crippen LogP contribution in [0.4, 0.5) is 4.39 Å². The smallest absolute Gasteiger partial charge is 0.126 e. The van der Waals surface area contributed by atoms with E-state index in [1.807, 2.05) is 13.0 Å². The van der Waals surface area contributed by atoms with Gasteiger partial charge in [0.2, 0.25) is 0 Å². The molecule has 0 saturated carbocycles. The molecule has 2 atom stereocenters. The summed E-state index contributed by atoms with van der Waals surface area (Å²) >= 11 is 0. The fraction of sp³-hybridized carbons (Fsp3) is 0.429. The van der Waals surface area contributed by atoms with E-state index in [0.29, 0.717) is 17.4 Å². The fourth-order valence-corrected chi connectivity index (χ4v) is 5.16. The van der Waals surface area contributed by atoms with Gasteiger partial charge in [-0.05, 0) is 85.6 Å². The van der Waals surface area contributed by atoms with Crippen molar-refractivity contribution in [3.63, 3.8) is 0 Å². The van der Waals surface area contributed by atoms with E-state index >= 15 is 0 Å². The van der Waals surface area contributed by atoms with Crippen LogP contribution in [0.15, 0.2) is 59.7 Å². The van der Waals surface area contributed by atoms with Gasteiger partial charge in [0.05, 0.1) is 0 Å². The number of allylic oxidation sites excluding steroid dienone is 2. The average molecular weight is 435 g/mol. The van der Waals surface area contributed by atoms with Gasteiger partial charge in [-0.25, -0.2) is 4.39 Å². The molecular formula is C28H35FN2O. The van der Waals surface area contributed by atoms with Crippen LogP contribution in [0.3, 0.4) is 0 Å². The molecule has 0 radical (unpaired) electrons. The zero-order chi connectivity index (χ0) is 22.5. The molecule has 0 unspecified atom stereocenters. The highest BCUT2D eigenvalue weighted by molar-refractivity contribution is 5.71. The van der Waals surface area contributed by atoms with Crippen molar-refractivity contribution in [1.29, 1.82) is 0 Å². The highest BCUT2D eigenvalue weighted by Gasteiger charge is 2.31. The second-order valence-corrected chi connectivity index (χ2v) is 9.09. The summed E-state index contributed by atoms with van der Waals surface area (Å²) in [5, 5.41) is 7.28. The minimum atomic E-state index is -0.0977. The first kappa shape index (κ1) is 22.8. The fourth-order valence-electron chi connectivity index (χ4n) is 5.16. The highest BCUT2D eigenvalue weighted by Crippen LogP contribution is 2.38. The molecule has 4 heteroatoms. The minimum Gasteiger partial charge on any atom is -0.385 e. The summed E-state index contributed by atoms with van der Waals surface area (Å²) in [4.78, 5) is 0. The first-order chi connectivity index (χ1) is 15.6. The molecule has 1 fully saturated rings. The van der Waals surface area contributed by atoms with Crippen molar-refractivity contribution < 1.29 is 9.13 Å². The van der Waals surface area contributed by atoms with Gasteiger partial charge in [0.25, 0.3) is 0 Å². The zero-order valence-corrected chi connectivity index (χ0v) is 19.5. The maximum atomic E-state index is 14.3. The number of methoxy groups -OCH3 is 1. The summed E-state index contributed by atoms with van der Waals surface area (Å²) in [5.41, 5.74) is 8.43. The molecule has 3 nitrogen and oxygen atoms in total. The van der Waals surface area contributed by atoms with E-state index in [1.54, 1.807) is 13.2 Å². The molecule has 32 heavy (non-hydrogen) atoms. The summed E-state index contributed by atoms with van der Waals surface area (Å²) in [6, 6.07) is 14.4. The Labute approximate surface area is 191 Å². The Kier molecular flexibility index (Phi) is 7.44. The van der Waals surface area contributed by atoms with E-state index in [9.17, 15) is 4.39 Å². The maximum absolute atomic E-state index is 14.3. The van der Waals surface area contributed by atoms with Gasteiger partial charge in [-0.15, -0.1) is 0 Å². The lowest BCUT2D eigenvalue weighted by molar-refractivity contribution is 0.195. The van der Waals surface area contributed by atoms with Gasteiger partial charge < -0.3 is 15.4 Å². The van der Waals surface area contributed by atoms with Crippen LogP contribution in [0.2, 0.25) is 0 Å². The van der Waals surface area contributed by atoms with Crippen molar-refractivity contribution in [2.75, 3.05) is 33.4 Å². The second kappa shape index (κ2) is 10.5. The molecule has 2 aromatic carbocycles. The number of hydrogen-bond acceptors (Lipinski definition) is 3. The number of nitrogens with one attached hydrogen (secondary N) is 2. The van der Waals surface area contributed by atoms with Crippen LogP contribution in [-0.2, 0) is 11.2 Å². The van der Waals surface area contributed by atoms with Crippen LogP contribution in [0.5, 0.6) is 0 Å². The normalized spacial score (nSPS) is 21.3. The monoisotopic (exact) mass is 434 g/mol. The zero-order valence-electron chi connectivity index (χ0n) is 19.5. The lowest BCUT2D eigenvalue weighted by Gasteiger charge is -2.37. The molecule has 2 aromatic rings. The molecule has 0 spiro atoms. The molecule has 0 aromatic heterocycles. The van der Waals surface area contributed by atoms with E-state index < -0.39 is 0 Å². The van der Waals surface area contributed by atoms with Gasteiger partial charge in [-0.3, -0.25) is 0 Å². The predicted molar refractivity (Wildman–Crippen MR) is 130 cm³/mol. The van der Waals surface area contributed by atoms with Crippen LogP contribution in [-0.4, -0.2) is 33.4 Å². The molecule has 0 amide bonds. The summed E-state index contributed by atoms with van der Waals surface area (Å²) < 4.78 is 19.6. The van der Waals surface area contributed by atoms with Crippen molar-refractivity contribution in [2.45, 2.75) is 39.0 Å². The third kappa shape index (κ3) is 4.97. The standard InChI is InChI=1S/C28H35FN2O/c1-19-10-11-22(16-27(19)29)23-12-13-30-17-26(23)25-18-31-28(15-20(25)2)24-9-5-4-7-21(24)8-6-14-32-3/h4-5,7,9-11,15-16,23,26,30-31H,6,8,12-14,17-18H2,1-3H3/t23-,26+/m1/s1. The van der Waals surface area contributed by atoms with E-state index in [2.05, 4.69) is 54.0 Å². The third-order valence-corrected chi connectivity index (χ3v) is 6.99. The van der Waals surface area contributed by atoms with Gasteiger partial charge >= 0.3 is 0 Å². The average Bonchev–Trinajstić information content (AvgIpc) is 2.81. The van der Waals surface area contributed by atoms with E-state index in [4.69, 9.17) is 4.74 Å². The number of dihydropyridines is 1. The van der Waals surface area contributed by atoms with Gasteiger partial charge in [-0.1, -0.05) is 36.4 Å². The number of hydrogen-bond donors (Lipinski definition) is 2. The number of piperidine rings is 1. The molecule has 2 aliphatic heterocycles. The van der Waals surface area contributed by atoms with Gasteiger partial charge in [0.15, 0.2) is 0 Å². The van der Waals surface area contributed by atoms with Gasteiger partial charge in [0.1, 0.15) is 5.82 Å². The van der Waals surface area contributed by atoms with E-state index in [-0.39, 0.29) is 5.82 Å². The summed E-state index contributed by atoms with van der Waals surface area (Å²) in [7, 11) is 1.76. The number of aryl methyl sites for hydroxylation is 2. The predicted octanol–water partition coefficient (Wildman–Crippen LogP) is 5.37. The van der Waals surface area contributed by atoms with Crippen molar-refractivity contribution in [3.05, 3.63) is 87.8 Å². The second-order valence-electron chi connectivity index (χ2n) is 9.09.